The van der Waals surface area contributed by atoms with Crippen LogP contribution in [-0.4, -0.2) is 36.5 Å². The predicted molar refractivity (Wildman–Crippen MR) is 80.1 cm³/mol. The van der Waals surface area contributed by atoms with Gasteiger partial charge in [-0.25, -0.2) is 0 Å². The molecule has 0 aliphatic carbocycles. The van der Waals surface area contributed by atoms with Gasteiger partial charge in [0.15, 0.2) is 0 Å². The summed E-state index contributed by atoms with van der Waals surface area (Å²) in [4.78, 5) is 2.33. The van der Waals surface area contributed by atoms with Crippen molar-refractivity contribution in [1.29, 1.82) is 0 Å². The first kappa shape index (κ1) is 15.6. The number of likely N-dealkylation sites (N-methyl/N-ethyl adjacent to an activating group) is 1. The molecule has 2 unspecified atom stereocenters. The van der Waals surface area contributed by atoms with Crippen LogP contribution >= 0.6 is 11.8 Å². The smallest absolute Gasteiger partial charge is 0.122 e. The lowest BCUT2D eigenvalue weighted by Gasteiger charge is -2.31. The van der Waals surface area contributed by atoms with Crippen LogP contribution in [-0.2, 0) is 6.42 Å². The summed E-state index contributed by atoms with van der Waals surface area (Å²) in [6.45, 7) is 4.95. The van der Waals surface area contributed by atoms with Crippen LogP contribution in [0.3, 0.4) is 0 Å². The van der Waals surface area contributed by atoms with Gasteiger partial charge in [-0.3, -0.25) is 4.90 Å². The second kappa shape index (κ2) is 7.87. The third-order valence-corrected chi connectivity index (χ3v) is 4.15. The fourth-order valence-electron chi connectivity index (χ4n) is 2.05. The van der Waals surface area contributed by atoms with E-state index in [1.54, 1.807) is 0 Å². The first-order chi connectivity index (χ1) is 8.63. The zero-order chi connectivity index (χ0) is 13.5. The average molecular weight is 270 g/mol. The Morgan fingerprint density at radius 3 is 2.67 bits per heavy atom. The summed E-state index contributed by atoms with van der Waals surface area (Å²) < 4.78 is 5.83. The monoisotopic (exact) mass is 270 g/mol. The summed E-state index contributed by atoms with van der Waals surface area (Å²) in [6, 6.07) is 4.82. The van der Waals surface area contributed by atoms with Crippen molar-refractivity contribution in [3.8, 4) is 0 Å². The van der Waals surface area contributed by atoms with Gasteiger partial charge >= 0.3 is 0 Å². The first-order valence-corrected chi connectivity index (χ1v) is 8.02. The van der Waals surface area contributed by atoms with Crippen LogP contribution < -0.4 is 5.73 Å². The molecule has 0 saturated carbocycles. The van der Waals surface area contributed by atoms with Crippen LogP contribution in [0.1, 0.15) is 37.8 Å². The highest BCUT2D eigenvalue weighted by Crippen LogP contribution is 2.24. The summed E-state index contributed by atoms with van der Waals surface area (Å²) >= 11 is 1.89. The second-order valence-corrected chi connectivity index (χ2v) is 5.69. The molecule has 0 aliphatic rings. The number of nitrogens with zero attached hydrogens (tertiary/aromatic N) is 1. The average Bonchev–Trinajstić information content (AvgIpc) is 2.85. The number of hydrogen-bond donors (Lipinski definition) is 1. The second-order valence-electron chi connectivity index (χ2n) is 4.71. The molecule has 1 aromatic heterocycles. The molecule has 2 atom stereocenters. The molecule has 0 saturated heterocycles. The minimum atomic E-state index is 0.183. The summed E-state index contributed by atoms with van der Waals surface area (Å²) in [7, 11) is 2.14. The van der Waals surface area contributed by atoms with Gasteiger partial charge in [-0.05, 0) is 44.5 Å². The molecular formula is C14H26N2OS. The number of furan rings is 1. The normalized spacial score (nSPS) is 15.0. The molecule has 4 heteroatoms. The van der Waals surface area contributed by atoms with Gasteiger partial charge < -0.3 is 10.2 Å². The van der Waals surface area contributed by atoms with Crippen molar-refractivity contribution in [1.82, 2.24) is 4.90 Å². The summed E-state index contributed by atoms with van der Waals surface area (Å²) in [5, 5.41) is 0. The SMILES string of the molecule is CCc1ccc(C(CN)N(C)C(C)CCSC)o1. The maximum absolute atomic E-state index is 5.92. The number of aryl methyl sites for hydroxylation is 1. The first-order valence-electron chi connectivity index (χ1n) is 6.63. The van der Waals surface area contributed by atoms with Crippen LogP contribution in [0, 0.1) is 0 Å². The van der Waals surface area contributed by atoms with Gasteiger partial charge in [0.2, 0.25) is 0 Å². The number of thioether (sulfide) groups is 1. The minimum Gasteiger partial charge on any atom is -0.464 e. The van der Waals surface area contributed by atoms with Gasteiger partial charge in [0.25, 0.3) is 0 Å². The van der Waals surface area contributed by atoms with Crippen molar-refractivity contribution < 1.29 is 4.42 Å². The molecule has 18 heavy (non-hydrogen) atoms. The Morgan fingerprint density at radius 1 is 1.44 bits per heavy atom. The molecule has 1 aromatic rings. The van der Waals surface area contributed by atoms with Gasteiger partial charge in [0.1, 0.15) is 11.5 Å². The van der Waals surface area contributed by atoms with E-state index < -0.39 is 0 Å². The summed E-state index contributed by atoms with van der Waals surface area (Å²) in [5.41, 5.74) is 5.92. The third kappa shape index (κ3) is 4.04. The number of rotatable bonds is 8. The molecule has 3 nitrogen and oxygen atoms in total. The van der Waals surface area contributed by atoms with Crippen molar-refractivity contribution >= 4 is 11.8 Å². The van der Waals surface area contributed by atoms with Crippen molar-refractivity contribution in [3.63, 3.8) is 0 Å². The van der Waals surface area contributed by atoms with E-state index in [1.807, 2.05) is 11.8 Å². The van der Waals surface area contributed by atoms with Crippen LogP contribution in [0.4, 0.5) is 0 Å². The largest absolute Gasteiger partial charge is 0.464 e. The van der Waals surface area contributed by atoms with Crippen molar-refractivity contribution in [2.45, 2.75) is 38.8 Å². The molecular weight excluding hydrogens is 244 g/mol. The van der Waals surface area contributed by atoms with Crippen LogP contribution in [0.25, 0.3) is 0 Å². The lowest BCUT2D eigenvalue weighted by atomic mass is 10.1. The molecule has 1 heterocycles. The lowest BCUT2D eigenvalue weighted by molar-refractivity contribution is 0.164. The zero-order valence-electron chi connectivity index (χ0n) is 12.0. The van der Waals surface area contributed by atoms with Crippen molar-refractivity contribution in [2.75, 3.05) is 25.6 Å². The maximum atomic E-state index is 5.92. The topological polar surface area (TPSA) is 42.4 Å². The molecule has 0 spiro atoms. The number of nitrogens with two attached hydrogens (primary N) is 1. The highest BCUT2D eigenvalue weighted by Gasteiger charge is 2.22. The Morgan fingerprint density at radius 2 is 2.17 bits per heavy atom. The maximum Gasteiger partial charge on any atom is 0.122 e. The van der Waals surface area contributed by atoms with Gasteiger partial charge in [0.05, 0.1) is 6.04 Å². The molecule has 0 aromatic carbocycles. The van der Waals surface area contributed by atoms with E-state index in [-0.39, 0.29) is 6.04 Å². The Bertz CT molecular complexity index is 340. The van der Waals surface area contributed by atoms with Crippen LogP contribution in [0.15, 0.2) is 16.5 Å². The van der Waals surface area contributed by atoms with E-state index in [4.69, 9.17) is 10.2 Å². The fraction of sp³-hybridized carbons (Fsp3) is 0.714. The Labute approximate surface area is 115 Å². The minimum absolute atomic E-state index is 0.183. The van der Waals surface area contributed by atoms with Crippen LogP contribution in [0.5, 0.6) is 0 Å². The van der Waals surface area contributed by atoms with Gasteiger partial charge in [-0.2, -0.15) is 11.8 Å². The highest BCUT2D eigenvalue weighted by molar-refractivity contribution is 7.98. The molecule has 1 rings (SSSR count). The molecule has 0 radical (unpaired) electrons. The van der Waals surface area contributed by atoms with Gasteiger partial charge in [-0.1, -0.05) is 6.92 Å². The lowest BCUT2D eigenvalue weighted by Crippen LogP contribution is -2.37. The molecule has 0 bridgehead atoms. The Hall–Kier alpha value is -0.450. The predicted octanol–water partition coefficient (Wildman–Crippen LogP) is 2.92. The molecule has 2 N–H and O–H groups in total. The fourth-order valence-corrected chi connectivity index (χ4v) is 2.62. The standard InChI is InChI=1S/C14H26N2OS/c1-5-12-6-7-14(17-12)13(10-15)16(3)11(2)8-9-18-4/h6-7,11,13H,5,8-10,15H2,1-4H3. The molecule has 0 fully saturated rings. The van der Waals surface area contributed by atoms with Crippen molar-refractivity contribution in [2.24, 2.45) is 5.73 Å². The number of hydrogen-bond acceptors (Lipinski definition) is 4. The highest BCUT2D eigenvalue weighted by atomic mass is 32.2. The quantitative estimate of drug-likeness (QED) is 0.788. The molecule has 0 aliphatic heterocycles. The van der Waals surface area contributed by atoms with E-state index in [2.05, 4.69) is 44.2 Å². The zero-order valence-corrected chi connectivity index (χ0v) is 12.8. The van der Waals surface area contributed by atoms with E-state index in [0.717, 1.165) is 17.9 Å². The third-order valence-electron chi connectivity index (χ3n) is 3.51. The molecule has 0 amide bonds. The van der Waals surface area contributed by atoms with Crippen LogP contribution in [0.2, 0.25) is 0 Å². The Kier molecular flexibility index (Phi) is 6.82. The molecule has 104 valence electrons. The summed E-state index contributed by atoms with van der Waals surface area (Å²) in [6.07, 6.45) is 4.26. The summed E-state index contributed by atoms with van der Waals surface area (Å²) in [5.74, 6) is 3.21. The van der Waals surface area contributed by atoms with E-state index in [0.29, 0.717) is 12.6 Å². The van der Waals surface area contributed by atoms with Gasteiger partial charge in [-0.15, -0.1) is 0 Å². The van der Waals surface area contributed by atoms with Gasteiger partial charge in [0, 0.05) is 19.0 Å². The van der Waals surface area contributed by atoms with E-state index in [9.17, 15) is 0 Å². The van der Waals surface area contributed by atoms with Crippen molar-refractivity contribution in [3.05, 3.63) is 23.7 Å². The Balaban J connectivity index is 2.69. The van der Waals surface area contributed by atoms with E-state index >= 15 is 0 Å². The van der Waals surface area contributed by atoms with E-state index in [1.165, 1.54) is 12.2 Å².